The maximum absolute atomic E-state index is 12.1. The Kier molecular flexibility index (Phi) is 7.79. The molecule has 0 saturated carbocycles. The molecule has 3 rings (SSSR count). The maximum Gasteiger partial charge on any atom is 0.234 e. The molecular weight excluding hydrogens is 384 g/mol. The molecule has 1 saturated heterocycles. The molecule has 1 aromatic heterocycles. The van der Waals surface area contributed by atoms with Crippen LogP contribution in [0.1, 0.15) is 31.7 Å². The van der Waals surface area contributed by atoms with Crippen LogP contribution in [0.5, 0.6) is 0 Å². The Bertz CT molecular complexity index is 699. The van der Waals surface area contributed by atoms with Crippen molar-refractivity contribution in [3.8, 4) is 0 Å². The third-order valence-electron chi connectivity index (χ3n) is 3.99. The Morgan fingerprint density at radius 2 is 1.85 bits per heavy atom. The molecule has 0 bridgehead atoms. The summed E-state index contributed by atoms with van der Waals surface area (Å²) in [6.07, 6.45) is 3.73. The fourth-order valence-electron chi connectivity index (χ4n) is 2.72. The molecule has 1 aliphatic rings. The third-order valence-corrected chi connectivity index (χ3v) is 7.38. The van der Waals surface area contributed by atoms with Crippen LogP contribution < -0.4 is 5.32 Å². The summed E-state index contributed by atoms with van der Waals surface area (Å²) in [5, 5.41) is 11.2. The van der Waals surface area contributed by atoms with Gasteiger partial charge in [0.05, 0.1) is 5.75 Å². The molecule has 0 atom stereocenters. The molecule has 0 unspecified atom stereocenters. The number of aromatic nitrogens is 2. The minimum atomic E-state index is -0.0137. The van der Waals surface area contributed by atoms with E-state index in [0.717, 1.165) is 33.1 Å². The lowest BCUT2D eigenvalue weighted by atomic mass is 10.2. The number of nitrogens with one attached hydrogen (secondary N) is 1. The Hall–Kier alpha value is -1.09. The van der Waals surface area contributed by atoms with Crippen molar-refractivity contribution in [2.24, 2.45) is 0 Å². The van der Waals surface area contributed by atoms with Crippen LogP contribution >= 0.6 is 34.9 Å². The molecule has 1 amide bonds. The maximum atomic E-state index is 12.1. The van der Waals surface area contributed by atoms with Crippen LogP contribution in [-0.4, -0.2) is 45.6 Å². The van der Waals surface area contributed by atoms with Crippen molar-refractivity contribution in [2.75, 3.05) is 29.9 Å². The summed E-state index contributed by atoms with van der Waals surface area (Å²) in [4.78, 5) is 14.6. The highest BCUT2D eigenvalue weighted by Gasteiger charge is 2.12. The van der Waals surface area contributed by atoms with Crippen LogP contribution in [-0.2, 0) is 11.3 Å². The third kappa shape index (κ3) is 6.26. The smallest absolute Gasteiger partial charge is 0.234 e. The molecule has 8 heteroatoms. The summed E-state index contributed by atoms with van der Waals surface area (Å²) in [6.45, 7) is 5.53. The highest BCUT2D eigenvalue weighted by Crippen LogP contribution is 2.29. The minimum Gasteiger partial charge on any atom is -0.325 e. The molecule has 140 valence electrons. The average molecular weight is 409 g/mol. The van der Waals surface area contributed by atoms with Crippen molar-refractivity contribution in [1.29, 1.82) is 0 Å². The lowest BCUT2D eigenvalue weighted by Crippen LogP contribution is -2.18. The lowest BCUT2D eigenvalue weighted by molar-refractivity contribution is -0.113. The van der Waals surface area contributed by atoms with Crippen LogP contribution in [0.3, 0.4) is 0 Å². The number of rotatable bonds is 9. The molecule has 0 radical (unpaired) electrons. The highest BCUT2D eigenvalue weighted by molar-refractivity contribution is 8.03. The first-order chi connectivity index (χ1) is 12.7. The molecule has 0 spiro atoms. The van der Waals surface area contributed by atoms with E-state index in [9.17, 15) is 4.79 Å². The van der Waals surface area contributed by atoms with Gasteiger partial charge in [-0.3, -0.25) is 9.69 Å². The predicted molar refractivity (Wildman–Crippen MR) is 111 cm³/mol. The lowest BCUT2D eigenvalue weighted by Gasteiger charge is -2.14. The van der Waals surface area contributed by atoms with Crippen LogP contribution in [0.2, 0.25) is 0 Å². The SMILES string of the molecule is CCCSc1nnc(SCC(=O)Nc2ccc(CN3CCCC3)cc2)s1. The number of benzene rings is 1. The van der Waals surface area contributed by atoms with Crippen molar-refractivity contribution >= 4 is 46.5 Å². The Labute approximate surface area is 167 Å². The molecule has 2 aromatic rings. The number of thioether (sulfide) groups is 2. The second-order valence-corrected chi connectivity index (χ2v) is 9.74. The zero-order valence-corrected chi connectivity index (χ0v) is 17.4. The van der Waals surface area contributed by atoms with E-state index >= 15 is 0 Å². The van der Waals surface area contributed by atoms with Gasteiger partial charge in [-0.25, -0.2) is 0 Å². The highest BCUT2D eigenvalue weighted by atomic mass is 32.2. The molecule has 0 aliphatic carbocycles. The summed E-state index contributed by atoms with van der Waals surface area (Å²) in [5.74, 6) is 1.39. The van der Waals surface area contributed by atoms with E-state index in [1.165, 1.54) is 43.3 Å². The Balaban J connectivity index is 1.41. The number of hydrogen-bond donors (Lipinski definition) is 1. The van der Waals surface area contributed by atoms with Crippen molar-refractivity contribution in [1.82, 2.24) is 15.1 Å². The van der Waals surface area contributed by atoms with Gasteiger partial charge in [-0.15, -0.1) is 10.2 Å². The van der Waals surface area contributed by atoms with E-state index in [-0.39, 0.29) is 5.91 Å². The van der Waals surface area contributed by atoms with Gasteiger partial charge in [0, 0.05) is 18.0 Å². The van der Waals surface area contributed by atoms with E-state index in [2.05, 4.69) is 39.5 Å². The van der Waals surface area contributed by atoms with E-state index in [4.69, 9.17) is 0 Å². The molecule has 1 fully saturated rings. The number of carbonyl (C=O) groups is 1. The summed E-state index contributed by atoms with van der Waals surface area (Å²) in [6, 6.07) is 8.17. The van der Waals surface area contributed by atoms with Gasteiger partial charge in [-0.2, -0.15) is 0 Å². The molecule has 26 heavy (non-hydrogen) atoms. The van der Waals surface area contributed by atoms with Crippen molar-refractivity contribution < 1.29 is 4.79 Å². The molecule has 5 nitrogen and oxygen atoms in total. The van der Waals surface area contributed by atoms with E-state index < -0.39 is 0 Å². The topological polar surface area (TPSA) is 58.1 Å². The predicted octanol–water partition coefficient (Wildman–Crippen LogP) is 4.37. The fraction of sp³-hybridized carbons (Fsp3) is 0.500. The monoisotopic (exact) mass is 408 g/mol. The van der Waals surface area contributed by atoms with E-state index in [0.29, 0.717) is 5.75 Å². The van der Waals surface area contributed by atoms with Crippen molar-refractivity contribution in [3.63, 3.8) is 0 Å². The normalized spacial score (nSPS) is 14.7. The van der Waals surface area contributed by atoms with Gasteiger partial charge >= 0.3 is 0 Å². The van der Waals surface area contributed by atoms with Gasteiger partial charge < -0.3 is 5.32 Å². The number of anilines is 1. The van der Waals surface area contributed by atoms with E-state index in [1.54, 1.807) is 23.1 Å². The Morgan fingerprint density at radius 3 is 2.54 bits per heavy atom. The molecule has 2 heterocycles. The summed E-state index contributed by atoms with van der Waals surface area (Å²) < 4.78 is 1.82. The van der Waals surface area contributed by atoms with Crippen molar-refractivity contribution in [2.45, 2.75) is 41.4 Å². The van der Waals surface area contributed by atoms with Crippen LogP contribution in [0.15, 0.2) is 32.9 Å². The minimum absolute atomic E-state index is 0.0137. The first kappa shape index (κ1) is 19.7. The van der Waals surface area contributed by atoms with Gasteiger partial charge in [0.25, 0.3) is 0 Å². The summed E-state index contributed by atoms with van der Waals surface area (Å²) in [5.41, 5.74) is 2.14. The number of nitrogens with zero attached hydrogens (tertiary/aromatic N) is 3. The number of amides is 1. The number of likely N-dealkylation sites (tertiary alicyclic amines) is 1. The average Bonchev–Trinajstić information content (AvgIpc) is 3.32. The zero-order chi connectivity index (χ0) is 18.2. The van der Waals surface area contributed by atoms with Gasteiger partial charge in [-0.05, 0) is 50.0 Å². The standard InChI is InChI=1S/C18H24N4OS3/c1-2-11-24-17-20-21-18(26-17)25-13-16(23)19-15-7-5-14(6-8-15)12-22-9-3-4-10-22/h5-8H,2-4,9-13H2,1H3,(H,19,23). The molecular formula is C18H24N4OS3. The quantitative estimate of drug-likeness (QED) is 0.622. The largest absolute Gasteiger partial charge is 0.325 e. The first-order valence-electron chi connectivity index (χ1n) is 8.93. The molecule has 1 aliphatic heterocycles. The van der Waals surface area contributed by atoms with Gasteiger partial charge in [0.2, 0.25) is 5.91 Å². The van der Waals surface area contributed by atoms with Crippen LogP contribution in [0.4, 0.5) is 5.69 Å². The molecule has 1 N–H and O–H groups in total. The zero-order valence-electron chi connectivity index (χ0n) is 14.9. The van der Waals surface area contributed by atoms with Crippen molar-refractivity contribution in [3.05, 3.63) is 29.8 Å². The second-order valence-electron chi connectivity index (χ2n) is 6.20. The number of carbonyl (C=O) groups excluding carboxylic acids is 1. The van der Waals surface area contributed by atoms with Crippen LogP contribution in [0, 0.1) is 0 Å². The summed E-state index contributed by atoms with van der Waals surface area (Å²) in [7, 11) is 0. The second kappa shape index (κ2) is 10.3. The number of hydrogen-bond acceptors (Lipinski definition) is 7. The van der Waals surface area contributed by atoms with Gasteiger partial charge in [0.15, 0.2) is 8.68 Å². The first-order valence-corrected chi connectivity index (χ1v) is 11.7. The Morgan fingerprint density at radius 1 is 1.15 bits per heavy atom. The summed E-state index contributed by atoms with van der Waals surface area (Å²) >= 11 is 4.71. The van der Waals surface area contributed by atoms with E-state index in [1.807, 2.05) is 12.1 Å². The van der Waals surface area contributed by atoms with Gasteiger partial charge in [0.1, 0.15) is 0 Å². The fourth-order valence-corrected chi connectivity index (χ4v) is 5.47. The molecule has 1 aromatic carbocycles. The van der Waals surface area contributed by atoms with Gasteiger partial charge in [-0.1, -0.05) is 53.9 Å². The van der Waals surface area contributed by atoms with Crippen LogP contribution in [0.25, 0.3) is 0 Å².